The molecule has 0 aliphatic carbocycles. The summed E-state index contributed by atoms with van der Waals surface area (Å²) in [5.41, 5.74) is 1.24. The zero-order chi connectivity index (χ0) is 17.5. The van der Waals surface area contributed by atoms with E-state index < -0.39 is 6.10 Å². The average Bonchev–Trinajstić information content (AvgIpc) is 2.56. The van der Waals surface area contributed by atoms with Crippen LogP contribution in [0.2, 0.25) is 0 Å². The SMILES string of the molecule is CC(C)C(=O)Nc1cccc(NC(=O)[C@H](C)Oc2ccccc2)c1. The number of para-hydroxylation sites is 1. The summed E-state index contributed by atoms with van der Waals surface area (Å²) in [5, 5.41) is 5.59. The fourth-order valence-corrected chi connectivity index (χ4v) is 1.96. The lowest BCUT2D eigenvalue weighted by molar-refractivity contribution is -0.122. The van der Waals surface area contributed by atoms with Crippen molar-refractivity contribution >= 4 is 23.2 Å². The molecule has 1 atom stereocenters. The Morgan fingerprint density at radius 2 is 1.42 bits per heavy atom. The van der Waals surface area contributed by atoms with E-state index in [1.807, 2.05) is 32.0 Å². The van der Waals surface area contributed by atoms with Gasteiger partial charge in [-0.2, -0.15) is 0 Å². The number of amides is 2. The molecule has 2 aromatic carbocycles. The Hall–Kier alpha value is -2.82. The first kappa shape index (κ1) is 17.5. The number of benzene rings is 2. The van der Waals surface area contributed by atoms with Crippen LogP contribution in [0.5, 0.6) is 5.75 Å². The zero-order valence-electron chi connectivity index (χ0n) is 14.1. The van der Waals surface area contributed by atoms with Gasteiger partial charge < -0.3 is 15.4 Å². The number of rotatable bonds is 6. The van der Waals surface area contributed by atoms with Crippen LogP contribution in [0, 0.1) is 5.92 Å². The maximum Gasteiger partial charge on any atom is 0.265 e. The molecule has 0 aromatic heterocycles. The van der Waals surface area contributed by atoms with Gasteiger partial charge in [-0.25, -0.2) is 0 Å². The lowest BCUT2D eigenvalue weighted by atomic mass is 10.2. The number of anilines is 2. The van der Waals surface area contributed by atoms with E-state index in [2.05, 4.69) is 10.6 Å². The third-order valence-corrected chi connectivity index (χ3v) is 3.35. The van der Waals surface area contributed by atoms with Crippen LogP contribution in [0.1, 0.15) is 20.8 Å². The molecular weight excluding hydrogens is 304 g/mol. The average molecular weight is 326 g/mol. The van der Waals surface area contributed by atoms with Crippen LogP contribution < -0.4 is 15.4 Å². The molecule has 0 heterocycles. The molecule has 126 valence electrons. The summed E-state index contributed by atoms with van der Waals surface area (Å²) in [7, 11) is 0. The second-order valence-electron chi connectivity index (χ2n) is 5.79. The van der Waals surface area contributed by atoms with Crippen molar-refractivity contribution in [2.45, 2.75) is 26.9 Å². The van der Waals surface area contributed by atoms with Gasteiger partial charge in [-0.15, -0.1) is 0 Å². The summed E-state index contributed by atoms with van der Waals surface area (Å²) in [6, 6.07) is 16.2. The number of hydrogen-bond acceptors (Lipinski definition) is 3. The van der Waals surface area contributed by atoms with E-state index in [4.69, 9.17) is 4.74 Å². The quantitative estimate of drug-likeness (QED) is 0.851. The zero-order valence-corrected chi connectivity index (χ0v) is 14.1. The van der Waals surface area contributed by atoms with E-state index in [-0.39, 0.29) is 17.7 Å². The van der Waals surface area contributed by atoms with Gasteiger partial charge in [0.05, 0.1) is 0 Å². The van der Waals surface area contributed by atoms with Crippen molar-refractivity contribution in [2.75, 3.05) is 10.6 Å². The number of carbonyl (C=O) groups excluding carboxylic acids is 2. The summed E-state index contributed by atoms with van der Waals surface area (Å²) in [5.74, 6) is 0.200. The van der Waals surface area contributed by atoms with Gasteiger partial charge >= 0.3 is 0 Å². The fraction of sp³-hybridized carbons (Fsp3) is 0.263. The Balaban J connectivity index is 1.97. The van der Waals surface area contributed by atoms with Crippen molar-refractivity contribution in [2.24, 2.45) is 5.92 Å². The second kappa shape index (κ2) is 8.15. The molecule has 2 amide bonds. The van der Waals surface area contributed by atoms with E-state index >= 15 is 0 Å². The van der Waals surface area contributed by atoms with Crippen LogP contribution >= 0.6 is 0 Å². The fourth-order valence-electron chi connectivity index (χ4n) is 1.96. The number of hydrogen-bond donors (Lipinski definition) is 2. The van der Waals surface area contributed by atoms with E-state index in [1.54, 1.807) is 43.3 Å². The largest absolute Gasteiger partial charge is 0.481 e. The van der Waals surface area contributed by atoms with Gasteiger partial charge in [-0.1, -0.05) is 38.1 Å². The topological polar surface area (TPSA) is 67.4 Å². The molecule has 0 radical (unpaired) electrons. The van der Waals surface area contributed by atoms with Gasteiger partial charge in [0.1, 0.15) is 5.75 Å². The standard InChI is InChI=1S/C19H22N2O3/c1-13(2)18(22)20-15-8-7-9-16(12-15)21-19(23)14(3)24-17-10-5-4-6-11-17/h4-14H,1-3H3,(H,20,22)(H,21,23)/t14-/m0/s1. The minimum absolute atomic E-state index is 0.0701. The highest BCUT2D eigenvalue weighted by Crippen LogP contribution is 2.17. The Morgan fingerprint density at radius 1 is 0.833 bits per heavy atom. The van der Waals surface area contributed by atoms with Crippen LogP contribution in [-0.2, 0) is 9.59 Å². The second-order valence-corrected chi connectivity index (χ2v) is 5.79. The van der Waals surface area contributed by atoms with Gasteiger partial charge in [-0.05, 0) is 37.3 Å². The molecule has 0 saturated carbocycles. The molecule has 0 saturated heterocycles. The van der Waals surface area contributed by atoms with Crippen LogP contribution in [-0.4, -0.2) is 17.9 Å². The molecule has 2 aromatic rings. The monoisotopic (exact) mass is 326 g/mol. The number of carbonyl (C=O) groups is 2. The van der Waals surface area contributed by atoms with Crippen LogP contribution in [0.3, 0.4) is 0 Å². The third kappa shape index (κ3) is 5.12. The molecule has 0 fully saturated rings. The van der Waals surface area contributed by atoms with E-state index in [0.29, 0.717) is 17.1 Å². The first-order valence-corrected chi connectivity index (χ1v) is 7.89. The molecule has 0 unspecified atom stereocenters. The molecule has 5 nitrogen and oxygen atoms in total. The maximum absolute atomic E-state index is 12.2. The lowest BCUT2D eigenvalue weighted by Crippen LogP contribution is -2.30. The molecule has 0 bridgehead atoms. The van der Waals surface area contributed by atoms with Crippen LogP contribution in [0.15, 0.2) is 54.6 Å². The lowest BCUT2D eigenvalue weighted by Gasteiger charge is -2.15. The Bertz CT molecular complexity index is 699. The number of nitrogens with one attached hydrogen (secondary N) is 2. The molecule has 0 aliphatic heterocycles. The molecule has 2 rings (SSSR count). The Kier molecular flexibility index (Phi) is 5.95. The van der Waals surface area contributed by atoms with Crippen molar-refractivity contribution in [1.82, 2.24) is 0 Å². The smallest absolute Gasteiger partial charge is 0.265 e. The molecule has 0 spiro atoms. The normalized spacial score (nSPS) is 11.7. The third-order valence-electron chi connectivity index (χ3n) is 3.35. The molecule has 0 aliphatic rings. The van der Waals surface area contributed by atoms with E-state index in [9.17, 15) is 9.59 Å². The molecule has 2 N–H and O–H groups in total. The van der Waals surface area contributed by atoms with Crippen LogP contribution in [0.4, 0.5) is 11.4 Å². The van der Waals surface area contributed by atoms with Crippen molar-refractivity contribution in [3.8, 4) is 5.75 Å². The van der Waals surface area contributed by atoms with Gasteiger partial charge in [0.2, 0.25) is 5.91 Å². The summed E-state index contributed by atoms with van der Waals surface area (Å²) < 4.78 is 5.59. The predicted octanol–water partition coefficient (Wildman–Crippen LogP) is 3.69. The van der Waals surface area contributed by atoms with Crippen LogP contribution in [0.25, 0.3) is 0 Å². The van der Waals surface area contributed by atoms with Gasteiger partial charge in [0.25, 0.3) is 5.91 Å². The predicted molar refractivity (Wildman–Crippen MR) is 95.1 cm³/mol. The van der Waals surface area contributed by atoms with E-state index in [0.717, 1.165) is 0 Å². The minimum atomic E-state index is -0.638. The summed E-state index contributed by atoms with van der Waals surface area (Å²) in [6.45, 7) is 5.33. The van der Waals surface area contributed by atoms with Crippen molar-refractivity contribution < 1.29 is 14.3 Å². The maximum atomic E-state index is 12.2. The first-order chi connectivity index (χ1) is 11.5. The highest BCUT2D eigenvalue weighted by atomic mass is 16.5. The molecule has 5 heteroatoms. The molecule has 24 heavy (non-hydrogen) atoms. The van der Waals surface area contributed by atoms with Gasteiger partial charge in [0, 0.05) is 17.3 Å². The Labute approximate surface area is 142 Å². The summed E-state index contributed by atoms with van der Waals surface area (Å²) in [6.07, 6.45) is -0.638. The first-order valence-electron chi connectivity index (χ1n) is 7.89. The van der Waals surface area contributed by atoms with Crippen molar-refractivity contribution in [1.29, 1.82) is 0 Å². The Morgan fingerprint density at radius 3 is 2.00 bits per heavy atom. The van der Waals surface area contributed by atoms with E-state index in [1.165, 1.54) is 0 Å². The van der Waals surface area contributed by atoms with Gasteiger partial charge in [0.15, 0.2) is 6.10 Å². The summed E-state index contributed by atoms with van der Waals surface area (Å²) in [4.78, 5) is 24.0. The highest BCUT2D eigenvalue weighted by molar-refractivity contribution is 5.96. The highest BCUT2D eigenvalue weighted by Gasteiger charge is 2.15. The minimum Gasteiger partial charge on any atom is -0.481 e. The van der Waals surface area contributed by atoms with Crippen molar-refractivity contribution in [3.63, 3.8) is 0 Å². The van der Waals surface area contributed by atoms with Gasteiger partial charge in [-0.3, -0.25) is 9.59 Å². The summed E-state index contributed by atoms with van der Waals surface area (Å²) >= 11 is 0. The van der Waals surface area contributed by atoms with Crippen molar-refractivity contribution in [3.05, 3.63) is 54.6 Å². The number of ether oxygens (including phenoxy) is 1. The molecular formula is C19H22N2O3.